The lowest BCUT2D eigenvalue weighted by molar-refractivity contribution is -0.142. The van der Waals surface area contributed by atoms with Crippen LogP contribution in [0.2, 0.25) is 0 Å². The van der Waals surface area contributed by atoms with Crippen molar-refractivity contribution in [1.29, 1.82) is 0 Å². The lowest BCUT2D eigenvalue weighted by Crippen LogP contribution is -2.45. The Hall–Kier alpha value is -1.84. The zero-order valence-electron chi connectivity index (χ0n) is 14.0. The second-order valence-electron chi connectivity index (χ2n) is 6.94. The Bertz CT molecular complexity index is 519. The van der Waals surface area contributed by atoms with Crippen LogP contribution in [-0.2, 0) is 16.0 Å². The zero-order chi connectivity index (χ0) is 16.8. The molecule has 1 aliphatic rings. The molecule has 1 aliphatic carbocycles. The lowest BCUT2D eigenvalue weighted by atomic mass is 9.76. The molecule has 0 spiro atoms. The maximum Gasteiger partial charge on any atom is 0.326 e. The van der Waals surface area contributed by atoms with Gasteiger partial charge in [-0.1, -0.05) is 51.6 Å². The third-order valence-corrected chi connectivity index (χ3v) is 4.98. The molecule has 2 N–H and O–H groups in total. The van der Waals surface area contributed by atoms with Gasteiger partial charge in [-0.15, -0.1) is 0 Å². The van der Waals surface area contributed by atoms with E-state index in [2.05, 4.69) is 19.2 Å². The molecular formula is C20H31NO3. The number of hydrogen-bond donors (Lipinski definition) is 2. The highest BCUT2D eigenvalue weighted by Crippen LogP contribution is 2.33. The predicted octanol–water partition coefficient (Wildman–Crippen LogP) is 3.90. The van der Waals surface area contributed by atoms with Gasteiger partial charge in [0.1, 0.15) is 6.04 Å². The fourth-order valence-corrected chi connectivity index (χ4v) is 3.39. The third-order valence-electron chi connectivity index (χ3n) is 4.98. The average molecular weight is 333 g/mol. The van der Waals surface area contributed by atoms with E-state index in [0.29, 0.717) is 18.3 Å². The molecule has 24 heavy (non-hydrogen) atoms. The largest absolute Gasteiger partial charge is 0.480 e. The molecule has 2 rings (SSSR count). The summed E-state index contributed by atoms with van der Waals surface area (Å²) in [5.41, 5.74) is 0.920. The minimum absolute atomic E-state index is 0. The number of carbonyl (C=O) groups excluding carboxylic acids is 1. The molecule has 134 valence electrons. The molecular weight excluding hydrogens is 302 g/mol. The van der Waals surface area contributed by atoms with Crippen LogP contribution in [0.15, 0.2) is 30.3 Å². The fraction of sp³-hybridized carbons (Fsp3) is 0.600. The molecule has 1 aromatic carbocycles. The zero-order valence-corrected chi connectivity index (χ0v) is 14.0. The topological polar surface area (TPSA) is 66.4 Å². The Kier molecular flexibility index (Phi) is 7.96. The van der Waals surface area contributed by atoms with Gasteiger partial charge < -0.3 is 10.4 Å². The minimum Gasteiger partial charge on any atom is -0.480 e. The maximum absolute atomic E-state index is 12.4. The Balaban J connectivity index is 0.00000288. The average Bonchev–Trinajstić information content (AvgIpc) is 2.55. The van der Waals surface area contributed by atoms with Gasteiger partial charge in [0.15, 0.2) is 0 Å². The number of hydrogen-bond acceptors (Lipinski definition) is 2. The van der Waals surface area contributed by atoms with Crippen molar-refractivity contribution >= 4 is 11.9 Å². The second kappa shape index (κ2) is 9.45. The molecule has 0 aromatic heterocycles. The summed E-state index contributed by atoms with van der Waals surface area (Å²) in [6.45, 7) is 4.46. The Morgan fingerprint density at radius 1 is 1.12 bits per heavy atom. The number of benzene rings is 1. The molecule has 0 aliphatic heterocycles. The molecule has 0 unspecified atom stereocenters. The predicted molar refractivity (Wildman–Crippen MR) is 96.7 cm³/mol. The summed E-state index contributed by atoms with van der Waals surface area (Å²) in [7, 11) is 0. The monoisotopic (exact) mass is 333 g/mol. The lowest BCUT2D eigenvalue weighted by Gasteiger charge is -2.30. The van der Waals surface area contributed by atoms with Crippen LogP contribution >= 0.6 is 0 Å². The summed E-state index contributed by atoms with van der Waals surface area (Å²) in [6, 6.07) is 8.57. The number of amides is 1. The first-order valence-electron chi connectivity index (χ1n) is 8.54. The molecule has 1 fully saturated rings. The number of carboxylic acid groups (broad SMARTS) is 1. The van der Waals surface area contributed by atoms with Crippen LogP contribution in [0.5, 0.6) is 0 Å². The first-order valence-corrected chi connectivity index (χ1v) is 8.54. The molecule has 1 saturated carbocycles. The molecule has 0 radical (unpaired) electrons. The van der Waals surface area contributed by atoms with Gasteiger partial charge in [-0.3, -0.25) is 4.79 Å². The van der Waals surface area contributed by atoms with E-state index in [1.165, 1.54) is 0 Å². The summed E-state index contributed by atoms with van der Waals surface area (Å²) in [4.78, 5) is 23.9. The summed E-state index contributed by atoms with van der Waals surface area (Å²) in [5.74, 6) is 0.235. The number of aliphatic carboxylic acids is 1. The molecule has 0 saturated heterocycles. The van der Waals surface area contributed by atoms with Crippen molar-refractivity contribution in [3.05, 3.63) is 35.9 Å². The highest BCUT2D eigenvalue weighted by molar-refractivity contribution is 5.85. The van der Waals surface area contributed by atoms with E-state index in [9.17, 15) is 14.7 Å². The maximum atomic E-state index is 12.4. The van der Waals surface area contributed by atoms with Gasteiger partial charge in [-0.25, -0.2) is 4.79 Å². The Labute approximate surface area is 145 Å². The van der Waals surface area contributed by atoms with E-state index < -0.39 is 12.0 Å². The summed E-state index contributed by atoms with van der Waals surface area (Å²) in [6.07, 6.45) is 4.18. The molecule has 0 bridgehead atoms. The van der Waals surface area contributed by atoms with Crippen LogP contribution in [0.4, 0.5) is 0 Å². The minimum atomic E-state index is -0.974. The van der Waals surface area contributed by atoms with Crippen LogP contribution in [0.1, 0.15) is 52.5 Å². The van der Waals surface area contributed by atoms with Crippen molar-refractivity contribution in [2.45, 2.75) is 59.4 Å². The van der Waals surface area contributed by atoms with Crippen LogP contribution in [0.25, 0.3) is 0 Å². The highest BCUT2D eigenvalue weighted by Gasteiger charge is 2.30. The van der Waals surface area contributed by atoms with Crippen LogP contribution < -0.4 is 5.32 Å². The molecule has 4 nitrogen and oxygen atoms in total. The van der Waals surface area contributed by atoms with Crippen LogP contribution in [0.3, 0.4) is 0 Å². The van der Waals surface area contributed by atoms with Gasteiger partial charge in [0.25, 0.3) is 0 Å². The van der Waals surface area contributed by atoms with Crippen molar-refractivity contribution in [2.24, 2.45) is 17.8 Å². The van der Waals surface area contributed by atoms with E-state index in [0.717, 1.165) is 31.2 Å². The van der Waals surface area contributed by atoms with Gasteiger partial charge >= 0.3 is 5.97 Å². The smallest absolute Gasteiger partial charge is 0.326 e. The van der Waals surface area contributed by atoms with Gasteiger partial charge in [-0.2, -0.15) is 0 Å². The standard InChI is InChI=1S/C19H27NO3.CH4/c1-13(2)15-8-10-16(11-9-15)18(21)20-17(19(22)23)12-14-6-4-3-5-7-14;/h3-7,13,15-17H,8-12H2,1-2H3,(H,20,21)(H,22,23);1H4/t15?,16?,17-;/m1./s1. The number of nitrogens with one attached hydrogen (secondary N) is 1. The number of carbonyl (C=O) groups is 2. The van der Waals surface area contributed by atoms with Crippen LogP contribution in [0, 0.1) is 17.8 Å². The van der Waals surface area contributed by atoms with Crippen LogP contribution in [-0.4, -0.2) is 23.0 Å². The summed E-state index contributed by atoms with van der Waals surface area (Å²) >= 11 is 0. The SMILES string of the molecule is C.CC(C)C1CCC(C(=O)N[C@H](Cc2ccccc2)C(=O)O)CC1. The second-order valence-corrected chi connectivity index (χ2v) is 6.94. The summed E-state index contributed by atoms with van der Waals surface area (Å²) < 4.78 is 0. The van der Waals surface area contributed by atoms with Gasteiger partial charge in [-0.05, 0) is 43.1 Å². The quantitative estimate of drug-likeness (QED) is 0.830. The first-order chi connectivity index (χ1) is 11.0. The molecule has 0 heterocycles. The normalized spacial score (nSPS) is 21.6. The van der Waals surface area contributed by atoms with Crippen molar-refractivity contribution in [3.63, 3.8) is 0 Å². The van der Waals surface area contributed by atoms with E-state index >= 15 is 0 Å². The van der Waals surface area contributed by atoms with E-state index in [1.807, 2.05) is 30.3 Å². The molecule has 1 atom stereocenters. The van der Waals surface area contributed by atoms with Crippen molar-refractivity contribution in [2.75, 3.05) is 0 Å². The van der Waals surface area contributed by atoms with Gasteiger partial charge in [0.2, 0.25) is 5.91 Å². The van der Waals surface area contributed by atoms with Crippen molar-refractivity contribution < 1.29 is 14.7 Å². The van der Waals surface area contributed by atoms with Crippen molar-refractivity contribution in [1.82, 2.24) is 5.32 Å². The van der Waals surface area contributed by atoms with E-state index in [1.54, 1.807) is 0 Å². The molecule has 4 heteroatoms. The first kappa shape index (κ1) is 20.2. The summed E-state index contributed by atoms with van der Waals surface area (Å²) in [5, 5.41) is 12.1. The fourth-order valence-electron chi connectivity index (χ4n) is 3.39. The highest BCUT2D eigenvalue weighted by atomic mass is 16.4. The molecule has 1 amide bonds. The van der Waals surface area contributed by atoms with Gasteiger partial charge in [0, 0.05) is 12.3 Å². The van der Waals surface area contributed by atoms with E-state index in [-0.39, 0.29) is 19.3 Å². The van der Waals surface area contributed by atoms with Gasteiger partial charge in [0.05, 0.1) is 0 Å². The number of carboxylic acids is 1. The van der Waals surface area contributed by atoms with Crippen molar-refractivity contribution in [3.8, 4) is 0 Å². The number of rotatable bonds is 6. The van der Waals surface area contributed by atoms with E-state index in [4.69, 9.17) is 0 Å². The Morgan fingerprint density at radius 2 is 1.71 bits per heavy atom. The molecule has 1 aromatic rings. The Morgan fingerprint density at radius 3 is 2.21 bits per heavy atom. The third kappa shape index (κ3) is 5.66.